The molecule has 1 aromatic heterocycles. The van der Waals surface area contributed by atoms with Crippen molar-refractivity contribution >= 4 is 5.69 Å². The van der Waals surface area contributed by atoms with Crippen LogP contribution >= 0.6 is 0 Å². The van der Waals surface area contributed by atoms with Crippen LogP contribution in [-0.2, 0) is 13.1 Å². The SMILES string of the molecule is CCCn1ccc(CNc2cccc(F)c2)c1. The fraction of sp³-hybridized carbons (Fsp3) is 0.286. The number of benzene rings is 1. The average molecular weight is 232 g/mol. The van der Waals surface area contributed by atoms with Gasteiger partial charge in [-0.15, -0.1) is 0 Å². The van der Waals surface area contributed by atoms with E-state index in [0.717, 1.165) is 25.2 Å². The Morgan fingerprint density at radius 1 is 1.29 bits per heavy atom. The smallest absolute Gasteiger partial charge is 0.125 e. The largest absolute Gasteiger partial charge is 0.381 e. The molecular weight excluding hydrogens is 215 g/mol. The molecule has 17 heavy (non-hydrogen) atoms. The highest BCUT2D eigenvalue weighted by molar-refractivity contribution is 5.43. The minimum Gasteiger partial charge on any atom is -0.381 e. The van der Waals surface area contributed by atoms with Crippen molar-refractivity contribution in [2.75, 3.05) is 5.32 Å². The summed E-state index contributed by atoms with van der Waals surface area (Å²) < 4.78 is 15.1. The van der Waals surface area contributed by atoms with Gasteiger partial charge in [0, 0.05) is 31.2 Å². The molecule has 2 rings (SSSR count). The molecule has 0 saturated carbocycles. The van der Waals surface area contributed by atoms with Crippen molar-refractivity contribution in [3.8, 4) is 0 Å². The number of nitrogens with one attached hydrogen (secondary N) is 1. The van der Waals surface area contributed by atoms with Crippen molar-refractivity contribution in [1.82, 2.24) is 4.57 Å². The number of aromatic nitrogens is 1. The van der Waals surface area contributed by atoms with Crippen molar-refractivity contribution in [2.24, 2.45) is 0 Å². The standard InChI is InChI=1S/C14H17FN2/c1-2-7-17-8-6-12(11-17)10-16-14-5-3-4-13(15)9-14/h3-6,8-9,11,16H,2,7,10H2,1H3. The Kier molecular flexibility index (Phi) is 3.81. The molecule has 0 atom stereocenters. The van der Waals surface area contributed by atoms with Gasteiger partial charge >= 0.3 is 0 Å². The molecule has 0 fully saturated rings. The lowest BCUT2D eigenvalue weighted by Crippen LogP contribution is -1.99. The molecule has 0 aliphatic carbocycles. The summed E-state index contributed by atoms with van der Waals surface area (Å²) in [5.74, 6) is -0.210. The van der Waals surface area contributed by atoms with Gasteiger partial charge in [-0.25, -0.2) is 4.39 Å². The molecule has 2 aromatic rings. The first-order chi connectivity index (χ1) is 8.28. The zero-order valence-corrected chi connectivity index (χ0v) is 9.99. The molecule has 0 unspecified atom stereocenters. The summed E-state index contributed by atoms with van der Waals surface area (Å²) in [6.07, 6.45) is 5.33. The van der Waals surface area contributed by atoms with Crippen molar-refractivity contribution in [3.05, 3.63) is 54.1 Å². The Morgan fingerprint density at radius 2 is 2.18 bits per heavy atom. The minimum atomic E-state index is -0.210. The van der Waals surface area contributed by atoms with Crippen LogP contribution in [-0.4, -0.2) is 4.57 Å². The van der Waals surface area contributed by atoms with Crippen molar-refractivity contribution in [1.29, 1.82) is 0 Å². The van der Waals surface area contributed by atoms with Gasteiger partial charge < -0.3 is 9.88 Å². The molecule has 0 aliphatic rings. The molecule has 0 radical (unpaired) electrons. The minimum absolute atomic E-state index is 0.210. The summed E-state index contributed by atoms with van der Waals surface area (Å²) in [6.45, 7) is 3.92. The van der Waals surface area contributed by atoms with Gasteiger partial charge in [0.25, 0.3) is 0 Å². The molecule has 90 valence electrons. The normalized spacial score (nSPS) is 10.5. The van der Waals surface area contributed by atoms with Gasteiger partial charge in [0.1, 0.15) is 5.82 Å². The third-order valence-electron chi connectivity index (χ3n) is 2.61. The lowest BCUT2D eigenvalue weighted by atomic mass is 10.3. The lowest BCUT2D eigenvalue weighted by Gasteiger charge is -2.04. The van der Waals surface area contributed by atoms with E-state index in [1.54, 1.807) is 6.07 Å². The van der Waals surface area contributed by atoms with E-state index in [1.165, 1.54) is 17.7 Å². The van der Waals surface area contributed by atoms with E-state index in [0.29, 0.717) is 0 Å². The summed E-state index contributed by atoms with van der Waals surface area (Å²) in [7, 11) is 0. The first kappa shape index (κ1) is 11.7. The second kappa shape index (κ2) is 5.53. The molecule has 1 heterocycles. The number of anilines is 1. The number of hydrogen-bond donors (Lipinski definition) is 1. The predicted molar refractivity (Wildman–Crippen MR) is 68.4 cm³/mol. The van der Waals surface area contributed by atoms with E-state index >= 15 is 0 Å². The zero-order valence-electron chi connectivity index (χ0n) is 9.99. The van der Waals surface area contributed by atoms with E-state index in [2.05, 4.69) is 35.3 Å². The van der Waals surface area contributed by atoms with Gasteiger partial charge in [0.05, 0.1) is 0 Å². The second-order valence-electron chi connectivity index (χ2n) is 4.12. The van der Waals surface area contributed by atoms with Crippen LogP contribution in [0.25, 0.3) is 0 Å². The van der Waals surface area contributed by atoms with Crippen LogP contribution in [0.15, 0.2) is 42.7 Å². The van der Waals surface area contributed by atoms with E-state index in [9.17, 15) is 4.39 Å². The van der Waals surface area contributed by atoms with Crippen LogP contribution in [0.4, 0.5) is 10.1 Å². The van der Waals surface area contributed by atoms with Gasteiger partial charge in [0.15, 0.2) is 0 Å². The first-order valence-electron chi connectivity index (χ1n) is 5.92. The predicted octanol–water partition coefficient (Wildman–Crippen LogP) is 3.65. The molecule has 3 heteroatoms. The fourth-order valence-corrected chi connectivity index (χ4v) is 1.79. The molecule has 0 bridgehead atoms. The van der Waals surface area contributed by atoms with Gasteiger partial charge in [-0.2, -0.15) is 0 Å². The molecule has 0 amide bonds. The van der Waals surface area contributed by atoms with Crippen LogP contribution in [0.1, 0.15) is 18.9 Å². The Morgan fingerprint density at radius 3 is 2.94 bits per heavy atom. The quantitative estimate of drug-likeness (QED) is 0.832. The van der Waals surface area contributed by atoms with E-state index in [-0.39, 0.29) is 5.82 Å². The van der Waals surface area contributed by atoms with Crippen molar-refractivity contribution in [3.63, 3.8) is 0 Å². The van der Waals surface area contributed by atoms with E-state index < -0.39 is 0 Å². The summed E-state index contributed by atoms with van der Waals surface area (Å²) in [4.78, 5) is 0. The van der Waals surface area contributed by atoms with Gasteiger partial charge in [-0.05, 0) is 36.2 Å². The average Bonchev–Trinajstić information content (AvgIpc) is 2.75. The molecule has 0 spiro atoms. The van der Waals surface area contributed by atoms with Crippen molar-refractivity contribution in [2.45, 2.75) is 26.4 Å². The molecule has 1 N–H and O–H groups in total. The van der Waals surface area contributed by atoms with E-state index in [1.807, 2.05) is 6.07 Å². The zero-order chi connectivity index (χ0) is 12.1. The molecule has 0 aliphatic heterocycles. The van der Waals surface area contributed by atoms with Crippen LogP contribution < -0.4 is 5.32 Å². The number of rotatable bonds is 5. The maximum Gasteiger partial charge on any atom is 0.125 e. The van der Waals surface area contributed by atoms with Crippen molar-refractivity contribution < 1.29 is 4.39 Å². The maximum absolute atomic E-state index is 13.0. The summed E-state index contributed by atoms with van der Waals surface area (Å²) in [5.41, 5.74) is 2.02. The number of aryl methyl sites for hydroxylation is 1. The molecular formula is C14H17FN2. The Balaban J connectivity index is 1.93. The highest BCUT2D eigenvalue weighted by Gasteiger charge is 1.98. The van der Waals surface area contributed by atoms with Crippen LogP contribution in [0.5, 0.6) is 0 Å². The van der Waals surface area contributed by atoms with Gasteiger partial charge in [0.2, 0.25) is 0 Å². The monoisotopic (exact) mass is 232 g/mol. The van der Waals surface area contributed by atoms with Crippen LogP contribution in [0.3, 0.4) is 0 Å². The highest BCUT2D eigenvalue weighted by atomic mass is 19.1. The number of hydrogen-bond acceptors (Lipinski definition) is 1. The number of nitrogens with zero attached hydrogens (tertiary/aromatic N) is 1. The van der Waals surface area contributed by atoms with Crippen LogP contribution in [0.2, 0.25) is 0 Å². The maximum atomic E-state index is 13.0. The summed E-state index contributed by atoms with van der Waals surface area (Å²) in [5, 5.41) is 3.20. The highest BCUT2D eigenvalue weighted by Crippen LogP contribution is 2.11. The Bertz CT molecular complexity index is 477. The second-order valence-corrected chi connectivity index (χ2v) is 4.12. The lowest BCUT2D eigenvalue weighted by molar-refractivity contribution is 0.628. The topological polar surface area (TPSA) is 17.0 Å². The molecule has 1 aromatic carbocycles. The van der Waals surface area contributed by atoms with Gasteiger partial charge in [-0.3, -0.25) is 0 Å². The third-order valence-corrected chi connectivity index (χ3v) is 2.61. The Labute approximate surface area is 101 Å². The van der Waals surface area contributed by atoms with Gasteiger partial charge in [-0.1, -0.05) is 13.0 Å². The fourth-order valence-electron chi connectivity index (χ4n) is 1.79. The summed E-state index contributed by atoms with van der Waals surface area (Å²) in [6, 6.07) is 8.61. The number of halogens is 1. The Hall–Kier alpha value is -1.77. The van der Waals surface area contributed by atoms with Crippen LogP contribution in [0, 0.1) is 5.82 Å². The van der Waals surface area contributed by atoms with E-state index in [4.69, 9.17) is 0 Å². The third kappa shape index (κ3) is 3.34. The summed E-state index contributed by atoms with van der Waals surface area (Å²) >= 11 is 0. The first-order valence-corrected chi connectivity index (χ1v) is 5.92. The molecule has 0 saturated heterocycles. The molecule has 2 nitrogen and oxygen atoms in total.